The molecule has 1 aromatic carbocycles. The molecule has 4 nitrogen and oxygen atoms in total. The van der Waals surface area contributed by atoms with Gasteiger partial charge in [0.2, 0.25) is 0 Å². The van der Waals surface area contributed by atoms with Crippen molar-refractivity contribution in [2.24, 2.45) is 5.92 Å². The van der Waals surface area contributed by atoms with E-state index < -0.39 is 11.6 Å². The Morgan fingerprint density at radius 3 is 2.70 bits per heavy atom. The highest BCUT2D eigenvalue weighted by Crippen LogP contribution is 2.29. The van der Waals surface area contributed by atoms with Crippen LogP contribution in [-0.2, 0) is 16.0 Å². The molecule has 1 aliphatic heterocycles. The number of ether oxygens (including phenoxy) is 1. The largest absolute Gasteiger partial charge is 0.445 e. The number of fused-ring (bicyclic) bond motifs is 1. The first-order valence-electron chi connectivity index (χ1n) is 6.90. The van der Waals surface area contributed by atoms with Gasteiger partial charge in [-0.1, -0.05) is 32.0 Å². The van der Waals surface area contributed by atoms with E-state index in [4.69, 9.17) is 4.74 Å². The van der Waals surface area contributed by atoms with Gasteiger partial charge in [0.15, 0.2) is 5.60 Å². The molecule has 1 atom stereocenters. The minimum Gasteiger partial charge on any atom is -0.445 e. The fraction of sp³-hybridized carbons (Fsp3) is 0.500. The van der Waals surface area contributed by atoms with Crippen LogP contribution in [0.25, 0.3) is 0 Å². The Labute approximate surface area is 119 Å². The van der Waals surface area contributed by atoms with Crippen LogP contribution in [0.1, 0.15) is 36.7 Å². The number of carbonyl (C=O) groups is 2. The molecule has 1 aliphatic rings. The lowest BCUT2D eigenvalue weighted by molar-refractivity contribution is -0.150. The molecule has 0 saturated heterocycles. The summed E-state index contributed by atoms with van der Waals surface area (Å²) < 4.78 is 5.43. The van der Waals surface area contributed by atoms with Gasteiger partial charge in [-0.05, 0) is 24.5 Å². The standard InChI is InChI=1S/C16H21NO3/c1-11(2)10-17(4)15(19)16(3)9-12-7-5-6-8-13(12)14(18)20-16/h5-8,11H,9-10H2,1-4H3. The summed E-state index contributed by atoms with van der Waals surface area (Å²) in [4.78, 5) is 26.3. The van der Waals surface area contributed by atoms with E-state index in [1.807, 2.05) is 26.0 Å². The lowest BCUT2D eigenvalue weighted by Crippen LogP contribution is -2.52. The predicted molar refractivity (Wildman–Crippen MR) is 76.4 cm³/mol. The van der Waals surface area contributed by atoms with Crippen molar-refractivity contribution in [3.05, 3.63) is 35.4 Å². The van der Waals surface area contributed by atoms with Crippen molar-refractivity contribution in [2.45, 2.75) is 32.8 Å². The first kappa shape index (κ1) is 14.6. The fourth-order valence-electron chi connectivity index (χ4n) is 2.69. The molecule has 0 fully saturated rings. The van der Waals surface area contributed by atoms with Crippen molar-refractivity contribution in [3.8, 4) is 0 Å². The predicted octanol–water partition coefficient (Wildman–Crippen LogP) is 2.27. The van der Waals surface area contributed by atoms with Gasteiger partial charge >= 0.3 is 5.97 Å². The maximum absolute atomic E-state index is 12.6. The quantitative estimate of drug-likeness (QED) is 0.795. The van der Waals surface area contributed by atoms with E-state index in [9.17, 15) is 9.59 Å². The van der Waals surface area contributed by atoms with Crippen LogP contribution in [0.2, 0.25) is 0 Å². The minimum atomic E-state index is -1.10. The molecule has 0 bridgehead atoms. The van der Waals surface area contributed by atoms with Crippen LogP contribution in [-0.4, -0.2) is 36.0 Å². The molecule has 108 valence electrons. The zero-order valence-electron chi connectivity index (χ0n) is 12.5. The Morgan fingerprint density at radius 1 is 1.40 bits per heavy atom. The molecule has 1 amide bonds. The lowest BCUT2D eigenvalue weighted by atomic mass is 9.89. The molecule has 0 N–H and O–H groups in total. The highest BCUT2D eigenvalue weighted by molar-refractivity contribution is 5.97. The molecule has 2 rings (SSSR count). The van der Waals surface area contributed by atoms with Gasteiger partial charge in [0.05, 0.1) is 5.56 Å². The molecule has 1 unspecified atom stereocenters. The Bertz CT molecular complexity index is 538. The Kier molecular flexibility index (Phi) is 3.84. The minimum absolute atomic E-state index is 0.144. The SMILES string of the molecule is CC(C)CN(C)C(=O)C1(C)Cc2ccccc2C(=O)O1. The molecule has 0 radical (unpaired) electrons. The second-order valence-corrected chi connectivity index (χ2v) is 6.03. The van der Waals surface area contributed by atoms with E-state index in [0.29, 0.717) is 24.4 Å². The fourth-order valence-corrected chi connectivity index (χ4v) is 2.69. The van der Waals surface area contributed by atoms with Gasteiger partial charge in [-0.3, -0.25) is 4.79 Å². The van der Waals surface area contributed by atoms with Gasteiger partial charge in [-0.2, -0.15) is 0 Å². The summed E-state index contributed by atoms with van der Waals surface area (Å²) in [6, 6.07) is 7.29. The van der Waals surface area contributed by atoms with E-state index in [-0.39, 0.29) is 5.91 Å². The number of hydrogen-bond acceptors (Lipinski definition) is 3. The molecule has 1 heterocycles. The molecule has 0 aromatic heterocycles. The number of likely N-dealkylation sites (N-methyl/N-ethyl adjacent to an activating group) is 1. The van der Waals surface area contributed by atoms with Crippen LogP contribution in [0.4, 0.5) is 0 Å². The lowest BCUT2D eigenvalue weighted by Gasteiger charge is -2.36. The summed E-state index contributed by atoms with van der Waals surface area (Å²) in [7, 11) is 1.75. The van der Waals surface area contributed by atoms with Crippen LogP contribution in [0.15, 0.2) is 24.3 Å². The molecular weight excluding hydrogens is 254 g/mol. The van der Waals surface area contributed by atoms with Crippen LogP contribution < -0.4 is 0 Å². The zero-order chi connectivity index (χ0) is 14.9. The number of carbonyl (C=O) groups excluding carboxylic acids is 2. The average Bonchev–Trinajstić information content (AvgIpc) is 2.36. The Balaban J connectivity index is 2.25. The van der Waals surface area contributed by atoms with Gasteiger partial charge in [0.25, 0.3) is 5.91 Å². The smallest absolute Gasteiger partial charge is 0.339 e. The van der Waals surface area contributed by atoms with E-state index in [0.717, 1.165) is 5.56 Å². The summed E-state index contributed by atoms with van der Waals surface area (Å²) in [5, 5.41) is 0. The first-order chi connectivity index (χ1) is 9.33. The van der Waals surface area contributed by atoms with Gasteiger partial charge < -0.3 is 9.64 Å². The number of cyclic esters (lactones) is 1. The van der Waals surface area contributed by atoms with Crippen LogP contribution >= 0.6 is 0 Å². The van der Waals surface area contributed by atoms with Gasteiger partial charge in [0, 0.05) is 20.0 Å². The molecule has 20 heavy (non-hydrogen) atoms. The van der Waals surface area contributed by atoms with E-state index in [1.165, 1.54) is 0 Å². The van der Waals surface area contributed by atoms with Crippen molar-refractivity contribution in [1.29, 1.82) is 0 Å². The summed E-state index contributed by atoms with van der Waals surface area (Å²) in [5.74, 6) is -0.186. The van der Waals surface area contributed by atoms with Crippen molar-refractivity contribution < 1.29 is 14.3 Å². The van der Waals surface area contributed by atoms with E-state index in [2.05, 4.69) is 0 Å². The molecule has 0 spiro atoms. The normalized spacial score (nSPS) is 21.4. The highest BCUT2D eigenvalue weighted by Gasteiger charge is 2.44. The van der Waals surface area contributed by atoms with E-state index in [1.54, 1.807) is 31.0 Å². The number of hydrogen-bond donors (Lipinski definition) is 0. The summed E-state index contributed by atoms with van der Waals surface area (Å²) in [6.45, 7) is 6.44. The van der Waals surface area contributed by atoms with Gasteiger partial charge in [-0.15, -0.1) is 0 Å². The number of amides is 1. The van der Waals surface area contributed by atoms with Crippen LogP contribution in [0, 0.1) is 5.92 Å². The van der Waals surface area contributed by atoms with Crippen LogP contribution in [0.5, 0.6) is 0 Å². The maximum Gasteiger partial charge on any atom is 0.339 e. The maximum atomic E-state index is 12.6. The average molecular weight is 275 g/mol. The summed E-state index contributed by atoms with van der Waals surface area (Å²) >= 11 is 0. The third-order valence-electron chi connectivity index (χ3n) is 3.52. The molecule has 4 heteroatoms. The van der Waals surface area contributed by atoms with Crippen molar-refractivity contribution in [2.75, 3.05) is 13.6 Å². The monoisotopic (exact) mass is 275 g/mol. The van der Waals surface area contributed by atoms with Crippen molar-refractivity contribution in [1.82, 2.24) is 4.90 Å². The Hall–Kier alpha value is -1.84. The third kappa shape index (κ3) is 2.69. The first-order valence-corrected chi connectivity index (χ1v) is 6.90. The number of rotatable bonds is 3. The van der Waals surface area contributed by atoms with Crippen molar-refractivity contribution >= 4 is 11.9 Å². The highest BCUT2D eigenvalue weighted by atomic mass is 16.6. The number of nitrogens with zero attached hydrogens (tertiary/aromatic N) is 1. The summed E-state index contributed by atoms with van der Waals surface area (Å²) in [6.07, 6.45) is 0.427. The Morgan fingerprint density at radius 2 is 2.05 bits per heavy atom. The number of benzene rings is 1. The molecule has 0 aliphatic carbocycles. The third-order valence-corrected chi connectivity index (χ3v) is 3.52. The molecule has 1 aromatic rings. The molecular formula is C16H21NO3. The van der Waals surface area contributed by atoms with Gasteiger partial charge in [0.1, 0.15) is 0 Å². The topological polar surface area (TPSA) is 46.6 Å². The second-order valence-electron chi connectivity index (χ2n) is 6.03. The summed E-state index contributed by atoms with van der Waals surface area (Å²) in [5.41, 5.74) is 0.330. The number of esters is 1. The van der Waals surface area contributed by atoms with Crippen LogP contribution in [0.3, 0.4) is 0 Å². The molecule has 0 saturated carbocycles. The van der Waals surface area contributed by atoms with Gasteiger partial charge in [-0.25, -0.2) is 4.79 Å². The second kappa shape index (κ2) is 5.27. The van der Waals surface area contributed by atoms with E-state index >= 15 is 0 Å². The zero-order valence-corrected chi connectivity index (χ0v) is 12.5. The van der Waals surface area contributed by atoms with Crippen molar-refractivity contribution in [3.63, 3.8) is 0 Å².